The molecule has 2 N–H and O–H groups in total. The molecular formula is C12H18N2O2. The fraction of sp³-hybridized carbons (Fsp3) is 0.500. The number of pyridine rings is 1. The highest BCUT2D eigenvalue weighted by molar-refractivity contribution is 5.93. The normalized spacial score (nSPS) is 13.2. The van der Waals surface area contributed by atoms with Crippen molar-refractivity contribution in [3.63, 3.8) is 0 Å². The molecule has 1 heterocycles. The highest BCUT2D eigenvalue weighted by Crippen LogP contribution is 2.18. The first-order valence-corrected chi connectivity index (χ1v) is 5.27. The quantitative estimate of drug-likeness (QED) is 0.808. The monoisotopic (exact) mass is 222 g/mol. The lowest BCUT2D eigenvalue weighted by molar-refractivity contribution is 0.0587. The first-order chi connectivity index (χ1) is 7.41. The molecule has 0 fully saturated rings. The number of rotatable bonds is 3. The Morgan fingerprint density at radius 2 is 2.00 bits per heavy atom. The number of hydrogen-bond donors (Lipinski definition) is 2. The molecule has 1 unspecified atom stereocenters. The second kappa shape index (κ2) is 5.07. The van der Waals surface area contributed by atoms with Gasteiger partial charge in [0.25, 0.3) is 5.91 Å². The number of aliphatic hydroxyl groups is 1. The van der Waals surface area contributed by atoms with Crippen LogP contribution in [-0.4, -0.2) is 28.6 Å². The predicted octanol–water partition coefficient (Wildman–Crippen LogP) is 1.22. The fourth-order valence-electron chi connectivity index (χ4n) is 1.10. The summed E-state index contributed by atoms with van der Waals surface area (Å²) in [6.07, 6.45) is 2.57. The van der Waals surface area contributed by atoms with Crippen molar-refractivity contribution in [2.75, 3.05) is 6.54 Å². The summed E-state index contributed by atoms with van der Waals surface area (Å²) in [5.74, 6) is -0.189. The summed E-state index contributed by atoms with van der Waals surface area (Å²) in [6.45, 7) is 6.04. The molecule has 1 amide bonds. The average molecular weight is 222 g/mol. The SMILES string of the molecule is CC(C)(C)C(O)CNC(=O)c1ccncc1. The topological polar surface area (TPSA) is 62.2 Å². The number of carbonyl (C=O) groups is 1. The maximum Gasteiger partial charge on any atom is 0.251 e. The summed E-state index contributed by atoms with van der Waals surface area (Å²) in [5.41, 5.74) is 0.321. The maximum atomic E-state index is 11.6. The van der Waals surface area contributed by atoms with Gasteiger partial charge in [-0.3, -0.25) is 9.78 Å². The van der Waals surface area contributed by atoms with E-state index in [1.165, 1.54) is 0 Å². The van der Waals surface area contributed by atoms with Crippen LogP contribution in [0.1, 0.15) is 31.1 Å². The molecule has 16 heavy (non-hydrogen) atoms. The lowest BCUT2D eigenvalue weighted by Crippen LogP contribution is -2.39. The molecule has 0 bridgehead atoms. The van der Waals surface area contributed by atoms with E-state index in [-0.39, 0.29) is 17.9 Å². The summed E-state index contributed by atoms with van der Waals surface area (Å²) >= 11 is 0. The van der Waals surface area contributed by atoms with E-state index in [2.05, 4.69) is 10.3 Å². The van der Waals surface area contributed by atoms with Gasteiger partial charge in [0.15, 0.2) is 0 Å². The van der Waals surface area contributed by atoms with E-state index in [0.717, 1.165) is 0 Å². The number of aliphatic hydroxyl groups excluding tert-OH is 1. The highest BCUT2D eigenvalue weighted by Gasteiger charge is 2.22. The Labute approximate surface area is 95.7 Å². The number of aromatic nitrogens is 1. The zero-order valence-corrected chi connectivity index (χ0v) is 9.90. The standard InChI is InChI=1S/C12H18N2O2/c1-12(2,3)10(15)8-14-11(16)9-4-6-13-7-5-9/h4-7,10,15H,8H2,1-3H3,(H,14,16). The van der Waals surface area contributed by atoms with E-state index in [1.54, 1.807) is 24.5 Å². The van der Waals surface area contributed by atoms with Gasteiger partial charge in [-0.25, -0.2) is 0 Å². The molecule has 0 aliphatic rings. The van der Waals surface area contributed by atoms with E-state index in [4.69, 9.17) is 0 Å². The van der Waals surface area contributed by atoms with E-state index in [0.29, 0.717) is 5.56 Å². The first-order valence-electron chi connectivity index (χ1n) is 5.27. The highest BCUT2D eigenvalue weighted by atomic mass is 16.3. The number of hydrogen-bond acceptors (Lipinski definition) is 3. The van der Waals surface area contributed by atoms with Crippen LogP contribution in [0.5, 0.6) is 0 Å². The van der Waals surface area contributed by atoms with Gasteiger partial charge in [-0.1, -0.05) is 20.8 Å². The van der Waals surface area contributed by atoms with E-state index < -0.39 is 6.10 Å². The smallest absolute Gasteiger partial charge is 0.251 e. The number of nitrogens with zero attached hydrogens (tertiary/aromatic N) is 1. The van der Waals surface area contributed by atoms with Gasteiger partial charge in [-0.2, -0.15) is 0 Å². The van der Waals surface area contributed by atoms with Crippen molar-refractivity contribution in [1.29, 1.82) is 0 Å². The summed E-state index contributed by atoms with van der Waals surface area (Å²) < 4.78 is 0. The Morgan fingerprint density at radius 1 is 1.44 bits per heavy atom. The van der Waals surface area contributed by atoms with Crippen molar-refractivity contribution < 1.29 is 9.90 Å². The number of amides is 1. The molecule has 1 aromatic rings. The minimum atomic E-state index is -0.557. The van der Waals surface area contributed by atoms with E-state index in [1.807, 2.05) is 20.8 Å². The Morgan fingerprint density at radius 3 is 2.50 bits per heavy atom. The van der Waals surface area contributed by atoms with Gasteiger partial charge in [0.05, 0.1) is 6.10 Å². The third-order valence-corrected chi connectivity index (χ3v) is 2.40. The van der Waals surface area contributed by atoms with Gasteiger partial charge >= 0.3 is 0 Å². The lowest BCUT2D eigenvalue weighted by Gasteiger charge is -2.25. The van der Waals surface area contributed by atoms with Crippen molar-refractivity contribution in [2.45, 2.75) is 26.9 Å². The Bertz CT molecular complexity index is 344. The van der Waals surface area contributed by atoms with Gasteiger partial charge in [0, 0.05) is 24.5 Å². The lowest BCUT2D eigenvalue weighted by atomic mass is 9.89. The molecule has 1 aromatic heterocycles. The van der Waals surface area contributed by atoms with Crippen LogP contribution in [0.25, 0.3) is 0 Å². The Hall–Kier alpha value is -1.42. The van der Waals surface area contributed by atoms with Gasteiger partial charge < -0.3 is 10.4 Å². The molecule has 88 valence electrons. The maximum absolute atomic E-state index is 11.6. The molecule has 1 rings (SSSR count). The molecule has 4 nitrogen and oxygen atoms in total. The summed E-state index contributed by atoms with van der Waals surface area (Å²) in [7, 11) is 0. The minimum absolute atomic E-state index is 0.189. The molecule has 0 aliphatic heterocycles. The largest absolute Gasteiger partial charge is 0.391 e. The number of nitrogens with one attached hydrogen (secondary N) is 1. The molecule has 4 heteroatoms. The Kier molecular flexibility index (Phi) is 4.01. The minimum Gasteiger partial charge on any atom is -0.391 e. The van der Waals surface area contributed by atoms with Crippen molar-refractivity contribution in [3.05, 3.63) is 30.1 Å². The van der Waals surface area contributed by atoms with Crippen LogP contribution in [0.2, 0.25) is 0 Å². The van der Waals surface area contributed by atoms with Crippen molar-refractivity contribution in [2.24, 2.45) is 5.41 Å². The molecule has 0 aromatic carbocycles. The van der Waals surface area contributed by atoms with Crippen molar-refractivity contribution >= 4 is 5.91 Å². The summed E-state index contributed by atoms with van der Waals surface area (Å²) in [5, 5.41) is 12.4. The van der Waals surface area contributed by atoms with Crippen molar-refractivity contribution in [3.8, 4) is 0 Å². The van der Waals surface area contributed by atoms with Gasteiger partial charge in [0.2, 0.25) is 0 Å². The molecule has 0 aliphatic carbocycles. The van der Waals surface area contributed by atoms with Gasteiger partial charge in [0.1, 0.15) is 0 Å². The summed E-state index contributed by atoms with van der Waals surface area (Å²) in [4.78, 5) is 15.5. The van der Waals surface area contributed by atoms with Crippen LogP contribution >= 0.6 is 0 Å². The number of carbonyl (C=O) groups excluding carboxylic acids is 1. The molecule has 0 saturated carbocycles. The van der Waals surface area contributed by atoms with E-state index >= 15 is 0 Å². The second-order valence-corrected chi connectivity index (χ2v) is 4.83. The molecule has 0 saturated heterocycles. The van der Waals surface area contributed by atoms with Crippen LogP contribution in [0.3, 0.4) is 0 Å². The van der Waals surface area contributed by atoms with Crippen LogP contribution < -0.4 is 5.32 Å². The molecule has 0 radical (unpaired) electrons. The van der Waals surface area contributed by atoms with Crippen LogP contribution in [-0.2, 0) is 0 Å². The van der Waals surface area contributed by atoms with Crippen molar-refractivity contribution in [1.82, 2.24) is 10.3 Å². The first kappa shape index (κ1) is 12.6. The third kappa shape index (κ3) is 3.62. The molecule has 0 spiro atoms. The third-order valence-electron chi connectivity index (χ3n) is 2.40. The van der Waals surface area contributed by atoms with Crippen LogP contribution in [0.4, 0.5) is 0 Å². The van der Waals surface area contributed by atoms with Crippen LogP contribution in [0, 0.1) is 5.41 Å². The molecular weight excluding hydrogens is 204 g/mol. The van der Waals surface area contributed by atoms with Gasteiger partial charge in [-0.15, -0.1) is 0 Å². The second-order valence-electron chi connectivity index (χ2n) is 4.83. The zero-order chi connectivity index (χ0) is 12.2. The average Bonchev–Trinajstić information content (AvgIpc) is 2.25. The summed E-state index contributed by atoms with van der Waals surface area (Å²) in [6, 6.07) is 3.28. The van der Waals surface area contributed by atoms with Gasteiger partial charge in [-0.05, 0) is 17.5 Å². The molecule has 1 atom stereocenters. The zero-order valence-electron chi connectivity index (χ0n) is 9.90. The van der Waals surface area contributed by atoms with Crippen LogP contribution in [0.15, 0.2) is 24.5 Å². The van der Waals surface area contributed by atoms with E-state index in [9.17, 15) is 9.90 Å². The fourth-order valence-corrected chi connectivity index (χ4v) is 1.10. The Balaban J connectivity index is 2.48. The predicted molar refractivity (Wildman–Crippen MR) is 62.0 cm³/mol.